The number of unbranched alkanes of at least 4 members (excludes halogenated alkanes) is 3. The summed E-state index contributed by atoms with van der Waals surface area (Å²) in [5.74, 6) is 1.95. The molecule has 0 saturated heterocycles. The Morgan fingerprint density at radius 1 is 0.371 bits per heavy atom. The third kappa shape index (κ3) is 5.95. The van der Waals surface area contributed by atoms with E-state index in [1.165, 1.54) is 102 Å². The van der Waals surface area contributed by atoms with Gasteiger partial charge in [-0.25, -0.2) is 15.0 Å². The van der Waals surface area contributed by atoms with Gasteiger partial charge in [-0.1, -0.05) is 148 Å². The summed E-state index contributed by atoms with van der Waals surface area (Å²) in [4.78, 5) is 15.1. The van der Waals surface area contributed by atoms with Crippen LogP contribution in [0.15, 0.2) is 182 Å². The molecule has 0 atom stereocenters. The quantitative estimate of drug-likeness (QED) is 0.130. The lowest BCUT2D eigenvalue weighted by atomic mass is 9.97. The Morgan fingerprint density at radius 3 is 1.56 bits per heavy atom. The number of hydrogen-bond acceptors (Lipinski definition) is 3. The maximum atomic E-state index is 5.08. The molecular formula is C57H43N5. The van der Waals surface area contributed by atoms with Crippen LogP contribution in [0.3, 0.4) is 0 Å². The first-order valence-corrected chi connectivity index (χ1v) is 21.9. The third-order valence-corrected chi connectivity index (χ3v) is 12.7. The molecular weight excluding hydrogens is 755 g/mol. The van der Waals surface area contributed by atoms with Gasteiger partial charge in [-0.15, -0.1) is 0 Å². The number of rotatable bonds is 10. The van der Waals surface area contributed by atoms with Gasteiger partial charge < -0.3 is 8.97 Å². The predicted octanol–water partition coefficient (Wildman–Crippen LogP) is 14.9. The smallest absolute Gasteiger partial charge is 0.164 e. The van der Waals surface area contributed by atoms with Crippen molar-refractivity contribution in [1.29, 1.82) is 0 Å². The predicted molar refractivity (Wildman–Crippen MR) is 258 cm³/mol. The van der Waals surface area contributed by atoms with Crippen LogP contribution in [0.25, 0.3) is 111 Å². The van der Waals surface area contributed by atoms with Crippen LogP contribution in [0.5, 0.6) is 0 Å². The van der Waals surface area contributed by atoms with E-state index < -0.39 is 0 Å². The molecule has 0 spiro atoms. The van der Waals surface area contributed by atoms with E-state index in [9.17, 15) is 0 Å². The Balaban J connectivity index is 1.04. The maximum absolute atomic E-state index is 5.08. The fourth-order valence-corrected chi connectivity index (χ4v) is 9.78. The highest BCUT2D eigenvalue weighted by Crippen LogP contribution is 2.43. The Hall–Kier alpha value is -7.63. The zero-order valence-electron chi connectivity index (χ0n) is 34.6. The van der Waals surface area contributed by atoms with Gasteiger partial charge >= 0.3 is 0 Å². The van der Waals surface area contributed by atoms with Gasteiger partial charge in [-0.3, -0.25) is 0 Å². The first-order chi connectivity index (χ1) is 30.7. The van der Waals surface area contributed by atoms with E-state index in [0.29, 0.717) is 17.5 Å². The van der Waals surface area contributed by atoms with Gasteiger partial charge in [0.2, 0.25) is 0 Å². The van der Waals surface area contributed by atoms with E-state index in [-0.39, 0.29) is 0 Å². The van der Waals surface area contributed by atoms with E-state index in [4.69, 9.17) is 15.0 Å². The molecule has 5 nitrogen and oxygen atoms in total. The molecule has 0 fully saturated rings. The zero-order valence-corrected chi connectivity index (χ0v) is 34.6. The SMILES string of the molecule is CCCCCCc1ccc2c(c1)c1cc(-c3cc4c5ccccc5n5c6ccccc6c(c3)c45)ccc1n2-c1cccc(-c2nc(-c3ccccc3)nc(-c3ccccc3)n2)c1. The van der Waals surface area contributed by atoms with Crippen molar-refractivity contribution in [2.75, 3.05) is 0 Å². The summed E-state index contributed by atoms with van der Waals surface area (Å²) in [5, 5.41) is 7.68. The summed E-state index contributed by atoms with van der Waals surface area (Å²) in [6.45, 7) is 2.28. The minimum absolute atomic E-state index is 0.642. The molecule has 0 radical (unpaired) electrons. The number of benzene rings is 8. The molecule has 0 aliphatic rings. The summed E-state index contributed by atoms with van der Waals surface area (Å²) in [5.41, 5.74) is 13.9. The van der Waals surface area contributed by atoms with Crippen LogP contribution in [0.2, 0.25) is 0 Å². The molecule has 4 heterocycles. The van der Waals surface area contributed by atoms with E-state index in [1.807, 2.05) is 36.4 Å². The van der Waals surface area contributed by atoms with Gasteiger partial charge in [-0.05, 0) is 90.2 Å². The second kappa shape index (κ2) is 14.8. The number of aromatic nitrogens is 5. The Labute approximate surface area is 359 Å². The first kappa shape index (κ1) is 36.2. The number of para-hydroxylation sites is 2. The van der Waals surface area contributed by atoms with Gasteiger partial charge in [-0.2, -0.15) is 0 Å². The lowest BCUT2D eigenvalue weighted by Gasteiger charge is -2.12. The molecule has 0 amide bonds. The highest BCUT2D eigenvalue weighted by atomic mass is 15.0. The molecule has 12 rings (SSSR count). The Bertz CT molecular complexity index is 3480. The summed E-state index contributed by atoms with van der Waals surface area (Å²) in [6.07, 6.45) is 6.04. The lowest BCUT2D eigenvalue weighted by molar-refractivity contribution is 0.667. The van der Waals surface area contributed by atoms with Crippen molar-refractivity contribution in [3.05, 3.63) is 188 Å². The molecule has 0 saturated carbocycles. The zero-order chi connectivity index (χ0) is 41.1. The molecule has 5 heteroatoms. The third-order valence-electron chi connectivity index (χ3n) is 12.7. The molecule has 0 aliphatic heterocycles. The lowest BCUT2D eigenvalue weighted by Crippen LogP contribution is -2.01. The Kier molecular flexibility index (Phi) is 8.66. The second-order valence-corrected chi connectivity index (χ2v) is 16.6. The van der Waals surface area contributed by atoms with Gasteiger partial charge in [0.15, 0.2) is 17.5 Å². The topological polar surface area (TPSA) is 48.0 Å². The highest BCUT2D eigenvalue weighted by molar-refractivity contribution is 6.24. The van der Waals surface area contributed by atoms with Crippen molar-refractivity contribution in [2.45, 2.75) is 39.0 Å². The molecule has 0 aliphatic carbocycles. The van der Waals surface area contributed by atoms with Crippen LogP contribution in [0.4, 0.5) is 0 Å². The van der Waals surface area contributed by atoms with E-state index in [0.717, 1.165) is 28.8 Å². The summed E-state index contributed by atoms with van der Waals surface area (Å²) < 4.78 is 4.87. The van der Waals surface area contributed by atoms with Crippen molar-refractivity contribution in [1.82, 2.24) is 23.9 Å². The monoisotopic (exact) mass is 797 g/mol. The number of nitrogens with zero attached hydrogens (tertiary/aromatic N) is 5. The number of fused-ring (bicyclic) bond motifs is 9. The molecule has 0 unspecified atom stereocenters. The maximum Gasteiger partial charge on any atom is 0.164 e. The second-order valence-electron chi connectivity index (χ2n) is 16.6. The molecule has 62 heavy (non-hydrogen) atoms. The van der Waals surface area contributed by atoms with Gasteiger partial charge in [0.25, 0.3) is 0 Å². The van der Waals surface area contributed by atoms with E-state index >= 15 is 0 Å². The number of hydrogen-bond donors (Lipinski definition) is 0. The summed E-state index contributed by atoms with van der Waals surface area (Å²) >= 11 is 0. The van der Waals surface area contributed by atoms with Gasteiger partial charge in [0.1, 0.15) is 0 Å². The van der Waals surface area contributed by atoms with Crippen LogP contribution < -0.4 is 0 Å². The van der Waals surface area contributed by atoms with Crippen molar-refractivity contribution in [3.63, 3.8) is 0 Å². The van der Waals surface area contributed by atoms with Crippen LogP contribution in [-0.2, 0) is 6.42 Å². The van der Waals surface area contributed by atoms with Crippen LogP contribution >= 0.6 is 0 Å². The van der Waals surface area contributed by atoms with E-state index in [1.54, 1.807) is 0 Å². The first-order valence-electron chi connectivity index (χ1n) is 21.9. The van der Waals surface area contributed by atoms with Gasteiger partial charge in [0, 0.05) is 54.7 Å². The molecule has 0 N–H and O–H groups in total. The molecule has 296 valence electrons. The largest absolute Gasteiger partial charge is 0.309 e. The normalized spacial score (nSPS) is 12.0. The Morgan fingerprint density at radius 2 is 0.919 bits per heavy atom. The minimum atomic E-state index is 0.642. The molecule has 12 aromatic rings. The number of aryl methyl sites for hydroxylation is 1. The fraction of sp³-hybridized carbons (Fsp3) is 0.105. The van der Waals surface area contributed by atoms with Crippen LogP contribution in [-0.4, -0.2) is 23.9 Å². The highest BCUT2D eigenvalue weighted by Gasteiger charge is 2.21. The molecule has 8 aromatic carbocycles. The molecule has 4 aromatic heterocycles. The van der Waals surface area contributed by atoms with Crippen LogP contribution in [0, 0.1) is 0 Å². The van der Waals surface area contributed by atoms with Crippen molar-refractivity contribution < 1.29 is 0 Å². The van der Waals surface area contributed by atoms with Crippen LogP contribution in [0.1, 0.15) is 38.2 Å². The summed E-state index contributed by atoms with van der Waals surface area (Å²) in [6, 6.07) is 65.7. The van der Waals surface area contributed by atoms with Crippen molar-refractivity contribution in [3.8, 4) is 51.0 Å². The standard InChI is InChI=1S/C57H43N5/c1-2-3-4-7-17-37-28-30-52-46(32-37)47-34-40(42-35-48-44-24-12-14-26-50(44)62-51-27-15-13-25-45(51)49(36-42)54(48)62)29-31-53(47)61(52)43-23-16-22-41(33-43)57-59-55(38-18-8-5-9-19-38)58-56(60-57)39-20-10-6-11-21-39/h5-6,8-16,18-36H,2-4,7,17H2,1H3. The van der Waals surface area contributed by atoms with Crippen molar-refractivity contribution in [2.24, 2.45) is 0 Å². The van der Waals surface area contributed by atoms with E-state index in [2.05, 4.69) is 161 Å². The fourth-order valence-electron chi connectivity index (χ4n) is 9.78. The molecule has 0 bridgehead atoms. The average Bonchev–Trinajstić information content (AvgIpc) is 3.98. The van der Waals surface area contributed by atoms with Crippen molar-refractivity contribution >= 4 is 59.9 Å². The summed E-state index contributed by atoms with van der Waals surface area (Å²) in [7, 11) is 0. The minimum Gasteiger partial charge on any atom is -0.309 e. The average molecular weight is 798 g/mol. The van der Waals surface area contributed by atoms with Gasteiger partial charge in [0.05, 0.1) is 27.6 Å².